The standard InChI is InChI=1S/C19H15F3N4O3S/c1-10-6-14(19(20,21)22)13(8-23)18(24-10)30-9-16-25-17(26-29-16)12-5-4-11(27-2)7-15(12)28-3/h4-7H,9H2,1-3H3. The van der Waals surface area contributed by atoms with Gasteiger partial charge in [-0.3, -0.25) is 0 Å². The molecule has 2 heterocycles. The lowest BCUT2D eigenvalue weighted by Crippen LogP contribution is -2.10. The van der Waals surface area contributed by atoms with Crippen molar-refractivity contribution in [3.8, 4) is 29.0 Å². The Morgan fingerprint density at radius 1 is 1.17 bits per heavy atom. The first-order valence-electron chi connectivity index (χ1n) is 8.43. The quantitative estimate of drug-likeness (QED) is 0.516. The van der Waals surface area contributed by atoms with Crippen molar-refractivity contribution in [2.45, 2.75) is 23.9 Å². The van der Waals surface area contributed by atoms with Gasteiger partial charge in [-0.15, -0.1) is 0 Å². The Hall–Kier alpha value is -3.26. The number of nitriles is 1. The van der Waals surface area contributed by atoms with Gasteiger partial charge in [0.15, 0.2) is 0 Å². The van der Waals surface area contributed by atoms with Gasteiger partial charge in [0, 0.05) is 11.8 Å². The molecule has 0 aliphatic rings. The molecular formula is C19H15F3N4O3S. The average Bonchev–Trinajstić information content (AvgIpc) is 3.19. The number of aryl methyl sites for hydroxylation is 1. The van der Waals surface area contributed by atoms with Gasteiger partial charge >= 0.3 is 6.18 Å². The third kappa shape index (κ3) is 4.49. The predicted molar refractivity (Wildman–Crippen MR) is 101 cm³/mol. The lowest BCUT2D eigenvalue weighted by molar-refractivity contribution is -0.138. The summed E-state index contributed by atoms with van der Waals surface area (Å²) in [5.74, 6) is 1.50. The first kappa shape index (κ1) is 21.4. The molecule has 11 heteroatoms. The molecule has 156 valence electrons. The maximum Gasteiger partial charge on any atom is 0.417 e. The molecule has 0 bridgehead atoms. The van der Waals surface area contributed by atoms with Crippen molar-refractivity contribution in [1.82, 2.24) is 15.1 Å². The van der Waals surface area contributed by atoms with Crippen LogP contribution in [0.15, 0.2) is 33.8 Å². The summed E-state index contributed by atoms with van der Waals surface area (Å²) in [6, 6.07) is 7.51. The summed E-state index contributed by atoms with van der Waals surface area (Å²) >= 11 is 0.913. The van der Waals surface area contributed by atoms with E-state index >= 15 is 0 Å². The molecule has 30 heavy (non-hydrogen) atoms. The summed E-state index contributed by atoms with van der Waals surface area (Å²) in [7, 11) is 3.01. The summed E-state index contributed by atoms with van der Waals surface area (Å²) < 4.78 is 55.3. The highest BCUT2D eigenvalue weighted by Gasteiger charge is 2.35. The molecule has 0 saturated heterocycles. The molecule has 1 aromatic carbocycles. The van der Waals surface area contributed by atoms with E-state index in [1.54, 1.807) is 24.3 Å². The number of methoxy groups -OCH3 is 2. The number of thioether (sulfide) groups is 1. The molecule has 0 aliphatic heterocycles. The highest BCUT2D eigenvalue weighted by molar-refractivity contribution is 7.98. The minimum Gasteiger partial charge on any atom is -0.497 e. The molecule has 3 rings (SSSR count). The molecule has 7 nitrogen and oxygen atoms in total. The molecule has 0 atom stereocenters. The Labute approximate surface area is 173 Å². The van der Waals surface area contributed by atoms with Crippen molar-refractivity contribution in [3.05, 3.63) is 47.0 Å². The largest absolute Gasteiger partial charge is 0.497 e. The smallest absolute Gasteiger partial charge is 0.417 e. The van der Waals surface area contributed by atoms with Gasteiger partial charge in [0.2, 0.25) is 11.7 Å². The van der Waals surface area contributed by atoms with Crippen LogP contribution in [0.4, 0.5) is 13.2 Å². The van der Waals surface area contributed by atoms with E-state index in [2.05, 4.69) is 15.1 Å². The summed E-state index contributed by atoms with van der Waals surface area (Å²) in [5, 5.41) is 13.1. The number of aromatic nitrogens is 3. The van der Waals surface area contributed by atoms with Gasteiger partial charge in [-0.25, -0.2) is 4.98 Å². The number of pyridine rings is 1. The first-order valence-corrected chi connectivity index (χ1v) is 9.42. The Balaban J connectivity index is 1.85. The van der Waals surface area contributed by atoms with Crippen LogP contribution in [0.5, 0.6) is 11.5 Å². The number of alkyl halides is 3. The van der Waals surface area contributed by atoms with Gasteiger partial charge in [-0.1, -0.05) is 16.9 Å². The van der Waals surface area contributed by atoms with Gasteiger partial charge in [-0.2, -0.15) is 23.4 Å². The van der Waals surface area contributed by atoms with Crippen LogP contribution in [0, 0.1) is 18.3 Å². The van der Waals surface area contributed by atoms with Crippen LogP contribution in [-0.2, 0) is 11.9 Å². The summed E-state index contributed by atoms with van der Waals surface area (Å²) in [6.45, 7) is 1.43. The molecule has 0 saturated carbocycles. The van der Waals surface area contributed by atoms with Crippen LogP contribution in [0.3, 0.4) is 0 Å². The Morgan fingerprint density at radius 2 is 1.93 bits per heavy atom. The third-order valence-electron chi connectivity index (χ3n) is 3.98. The van der Waals surface area contributed by atoms with E-state index in [0.717, 1.165) is 17.8 Å². The molecule has 3 aromatic rings. The van der Waals surface area contributed by atoms with E-state index < -0.39 is 17.3 Å². The zero-order valence-electron chi connectivity index (χ0n) is 16.1. The first-order chi connectivity index (χ1) is 14.3. The van der Waals surface area contributed by atoms with Crippen LogP contribution in [0.25, 0.3) is 11.4 Å². The van der Waals surface area contributed by atoms with Crippen LogP contribution >= 0.6 is 11.8 Å². The van der Waals surface area contributed by atoms with Crippen molar-refractivity contribution >= 4 is 11.8 Å². The second-order valence-electron chi connectivity index (χ2n) is 5.97. The van der Waals surface area contributed by atoms with Gasteiger partial charge in [0.1, 0.15) is 22.6 Å². The molecular weight excluding hydrogens is 421 g/mol. The molecule has 0 spiro atoms. The fraction of sp³-hybridized carbons (Fsp3) is 0.263. The van der Waals surface area contributed by atoms with Crippen molar-refractivity contribution in [2.75, 3.05) is 14.2 Å². The van der Waals surface area contributed by atoms with E-state index in [9.17, 15) is 18.4 Å². The van der Waals surface area contributed by atoms with Gasteiger partial charge in [-0.05, 0) is 25.1 Å². The number of benzene rings is 1. The molecule has 0 fully saturated rings. The number of hydrogen-bond acceptors (Lipinski definition) is 8. The minimum atomic E-state index is -4.66. The zero-order valence-corrected chi connectivity index (χ0v) is 16.9. The van der Waals surface area contributed by atoms with E-state index in [1.807, 2.05) is 0 Å². The van der Waals surface area contributed by atoms with Crippen LogP contribution < -0.4 is 9.47 Å². The predicted octanol–water partition coefficient (Wildman–Crippen LogP) is 4.64. The summed E-state index contributed by atoms with van der Waals surface area (Å²) in [6.07, 6.45) is -4.66. The Bertz CT molecular complexity index is 1110. The molecule has 0 radical (unpaired) electrons. The van der Waals surface area contributed by atoms with Crippen molar-refractivity contribution in [1.29, 1.82) is 5.26 Å². The van der Waals surface area contributed by atoms with E-state index in [0.29, 0.717) is 17.1 Å². The van der Waals surface area contributed by atoms with E-state index in [-0.39, 0.29) is 28.2 Å². The molecule has 0 unspecified atom stereocenters. The SMILES string of the molecule is COc1ccc(-c2noc(CSc3nc(C)cc(C(F)(F)F)c3C#N)n2)c(OC)c1. The molecule has 0 N–H and O–H groups in total. The van der Waals surface area contributed by atoms with Crippen molar-refractivity contribution in [2.24, 2.45) is 0 Å². The second kappa shape index (κ2) is 8.62. The Kier molecular flexibility index (Phi) is 6.17. The highest BCUT2D eigenvalue weighted by atomic mass is 32.2. The maximum absolute atomic E-state index is 13.2. The number of halogens is 3. The maximum atomic E-state index is 13.2. The summed E-state index contributed by atoms with van der Waals surface area (Å²) in [5.41, 5.74) is -0.842. The molecule has 2 aromatic heterocycles. The van der Waals surface area contributed by atoms with Gasteiger partial charge < -0.3 is 14.0 Å². The fourth-order valence-corrected chi connectivity index (χ4v) is 3.50. The number of ether oxygens (including phenoxy) is 2. The monoisotopic (exact) mass is 436 g/mol. The summed E-state index contributed by atoms with van der Waals surface area (Å²) in [4.78, 5) is 8.32. The fourth-order valence-electron chi connectivity index (χ4n) is 2.62. The van der Waals surface area contributed by atoms with Crippen molar-refractivity contribution < 1.29 is 27.2 Å². The van der Waals surface area contributed by atoms with Gasteiger partial charge in [0.25, 0.3) is 0 Å². The number of rotatable bonds is 6. The lowest BCUT2D eigenvalue weighted by atomic mass is 10.1. The topological polar surface area (TPSA) is 94.1 Å². The second-order valence-corrected chi connectivity index (χ2v) is 6.93. The average molecular weight is 436 g/mol. The highest BCUT2D eigenvalue weighted by Crippen LogP contribution is 2.37. The van der Waals surface area contributed by atoms with E-state index in [1.165, 1.54) is 21.1 Å². The van der Waals surface area contributed by atoms with Gasteiger partial charge in [0.05, 0.1) is 36.7 Å². The van der Waals surface area contributed by atoms with Crippen molar-refractivity contribution in [3.63, 3.8) is 0 Å². The van der Waals surface area contributed by atoms with Crippen LogP contribution in [0.2, 0.25) is 0 Å². The number of nitrogens with zero attached hydrogens (tertiary/aromatic N) is 4. The number of hydrogen-bond donors (Lipinski definition) is 0. The molecule has 0 aliphatic carbocycles. The lowest BCUT2D eigenvalue weighted by Gasteiger charge is -2.12. The third-order valence-corrected chi connectivity index (χ3v) is 4.94. The normalized spacial score (nSPS) is 11.2. The van der Waals surface area contributed by atoms with E-state index in [4.69, 9.17) is 14.0 Å². The Morgan fingerprint density at radius 3 is 2.57 bits per heavy atom. The molecule has 0 amide bonds. The minimum absolute atomic E-state index is 0.0356. The van der Waals surface area contributed by atoms with Crippen LogP contribution in [0.1, 0.15) is 22.7 Å². The zero-order chi connectivity index (χ0) is 21.9. The van der Waals surface area contributed by atoms with Crippen LogP contribution in [-0.4, -0.2) is 29.3 Å².